The third-order valence-corrected chi connectivity index (χ3v) is 14.0. The van der Waals surface area contributed by atoms with E-state index in [1.165, 1.54) is 64.2 Å². The molecule has 0 aliphatic heterocycles. The molecule has 8 heteroatoms. The first-order chi connectivity index (χ1) is 23.0. The number of esters is 1. The highest BCUT2D eigenvalue weighted by Crippen LogP contribution is 2.67. The van der Waals surface area contributed by atoms with E-state index < -0.39 is 0 Å². The van der Waals surface area contributed by atoms with Crippen molar-refractivity contribution >= 4 is 36.7 Å². The van der Waals surface area contributed by atoms with Crippen molar-refractivity contribution in [3.05, 3.63) is 11.6 Å². The molecule has 1 amide bonds. The van der Waals surface area contributed by atoms with E-state index in [-0.39, 0.29) is 54.8 Å². The minimum Gasteiger partial charge on any atom is -0.461 e. The molecule has 4 N–H and O–H groups in total. The van der Waals surface area contributed by atoms with Gasteiger partial charge in [-0.15, -0.1) is 24.8 Å². The van der Waals surface area contributed by atoms with Gasteiger partial charge in [-0.1, -0.05) is 91.2 Å². The van der Waals surface area contributed by atoms with Gasteiger partial charge in [0.15, 0.2) is 0 Å². The van der Waals surface area contributed by atoms with Gasteiger partial charge in [0, 0.05) is 19.4 Å². The van der Waals surface area contributed by atoms with Crippen molar-refractivity contribution in [1.82, 2.24) is 4.90 Å². The number of fused-ring (bicyclic) bond motifs is 5. The van der Waals surface area contributed by atoms with Gasteiger partial charge in [0.2, 0.25) is 5.91 Å². The van der Waals surface area contributed by atoms with Crippen LogP contribution in [0.25, 0.3) is 0 Å². The van der Waals surface area contributed by atoms with Gasteiger partial charge in [-0.05, 0) is 130 Å². The van der Waals surface area contributed by atoms with Crippen LogP contribution in [0.2, 0.25) is 0 Å². The standard InChI is InChI=1S/C42H75N3O3.2ClH/c1-31(2)15-14-16-32(3)36-20-21-37-35-19-18-33-29-34(22-24-41(33,4)38(35)23-25-42(36,37)5)48-40(47)30-45(39(46)17-10-12-27-44)28-13-9-7-6-8-11-26-43;;/h18,31-32,34-38H,6-17,19-30,43-44H2,1-5H3;2*1H/t32-,34+,35+,36-,37+,38+,41+,42-;;/m1../s1. The molecule has 3 saturated carbocycles. The van der Waals surface area contributed by atoms with E-state index in [2.05, 4.69) is 40.7 Å². The number of hydrogen-bond acceptors (Lipinski definition) is 5. The summed E-state index contributed by atoms with van der Waals surface area (Å²) < 4.78 is 6.17. The third-order valence-electron chi connectivity index (χ3n) is 14.0. The zero-order valence-corrected chi connectivity index (χ0v) is 34.4. The van der Waals surface area contributed by atoms with Crippen LogP contribution < -0.4 is 11.5 Å². The van der Waals surface area contributed by atoms with E-state index in [9.17, 15) is 9.59 Å². The number of hydrogen-bond donors (Lipinski definition) is 2. The minimum absolute atomic E-state index is 0. The highest BCUT2D eigenvalue weighted by atomic mass is 35.5. The van der Waals surface area contributed by atoms with Crippen molar-refractivity contribution < 1.29 is 14.3 Å². The zero-order chi connectivity index (χ0) is 34.7. The van der Waals surface area contributed by atoms with Crippen LogP contribution in [0.1, 0.15) is 163 Å². The van der Waals surface area contributed by atoms with Crippen LogP contribution in [0.5, 0.6) is 0 Å². The number of ether oxygens (including phenoxy) is 1. The number of allylic oxidation sites excluding steroid dienone is 1. The Labute approximate surface area is 319 Å². The molecule has 4 rings (SSSR count). The fraction of sp³-hybridized carbons (Fsp3) is 0.905. The lowest BCUT2D eigenvalue weighted by molar-refractivity contribution is -0.156. The minimum atomic E-state index is -0.235. The Morgan fingerprint density at radius 2 is 1.52 bits per heavy atom. The van der Waals surface area contributed by atoms with Crippen LogP contribution in [0.4, 0.5) is 0 Å². The van der Waals surface area contributed by atoms with Crippen molar-refractivity contribution in [3.8, 4) is 0 Å². The average Bonchev–Trinajstić information content (AvgIpc) is 3.41. The van der Waals surface area contributed by atoms with Gasteiger partial charge < -0.3 is 21.1 Å². The number of unbranched alkanes of at least 4 members (excludes halogenated alkanes) is 6. The van der Waals surface area contributed by atoms with Gasteiger partial charge in [-0.25, -0.2) is 0 Å². The summed E-state index contributed by atoms with van der Waals surface area (Å²) in [5, 5.41) is 0. The first kappa shape index (κ1) is 45.3. The van der Waals surface area contributed by atoms with Crippen molar-refractivity contribution in [2.45, 2.75) is 169 Å². The molecular formula is C42H77Cl2N3O3. The smallest absolute Gasteiger partial charge is 0.325 e. The molecule has 6 nitrogen and oxygen atoms in total. The maximum Gasteiger partial charge on any atom is 0.325 e. The number of amides is 1. The normalized spacial score (nSPS) is 30.6. The SMILES string of the molecule is CC(C)CCC[C@@H](C)[C@H]1CC[C@H]2[C@@H]3CC=C4C[C@@H](OC(=O)CN(CCCCCCCCN)C(=O)CCCCN)CC[C@]4(C)[C@H]3CC[C@]12C.Cl.Cl. The molecule has 4 aliphatic carbocycles. The molecule has 0 aromatic carbocycles. The van der Waals surface area contributed by atoms with Crippen LogP contribution in [0, 0.1) is 46.3 Å². The fourth-order valence-corrected chi connectivity index (χ4v) is 11.2. The van der Waals surface area contributed by atoms with Gasteiger partial charge >= 0.3 is 5.97 Å². The molecule has 50 heavy (non-hydrogen) atoms. The zero-order valence-electron chi connectivity index (χ0n) is 32.7. The molecule has 0 radical (unpaired) electrons. The van der Waals surface area contributed by atoms with E-state index in [4.69, 9.17) is 16.2 Å². The molecule has 0 bridgehead atoms. The maximum atomic E-state index is 13.3. The summed E-state index contributed by atoms with van der Waals surface area (Å²) in [6.45, 7) is 14.6. The lowest BCUT2D eigenvalue weighted by Gasteiger charge is -2.58. The van der Waals surface area contributed by atoms with Crippen molar-refractivity contribution in [2.24, 2.45) is 57.8 Å². The van der Waals surface area contributed by atoms with Crippen LogP contribution in [0.15, 0.2) is 11.6 Å². The molecular weight excluding hydrogens is 665 g/mol. The summed E-state index contributed by atoms with van der Waals surface area (Å²) in [6, 6.07) is 0. The van der Waals surface area contributed by atoms with Gasteiger partial charge in [-0.3, -0.25) is 9.59 Å². The van der Waals surface area contributed by atoms with Crippen LogP contribution >= 0.6 is 24.8 Å². The first-order valence-electron chi connectivity index (χ1n) is 20.6. The molecule has 0 unspecified atom stereocenters. The largest absolute Gasteiger partial charge is 0.461 e. The predicted molar refractivity (Wildman–Crippen MR) is 214 cm³/mol. The Bertz CT molecular complexity index is 1060. The second-order valence-corrected chi connectivity index (χ2v) is 17.6. The van der Waals surface area contributed by atoms with Gasteiger partial charge in [0.25, 0.3) is 0 Å². The molecule has 0 heterocycles. The number of carbonyl (C=O) groups is 2. The quantitative estimate of drug-likeness (QED) is 0.0735. The van der Waals surface area contributed by atoms with Crippen molar-refractivity contribution in [2.75, 3.05) is 26.2 Å². The Morgan fingerprint density at radius 3 is 2.22 bits per heavy atom. The molecule has 4 aliphatic rings. The van der Waals surface area contributed by atoms with Gasteiger partial charge in [0.1, 0.15) is 12.6 Å². The third kappa shape index (κ3) is 11.6. The second kappa shape index (κ2) is 21.8. The number of halogens is 2. The number of nitrogens with zero attached hydrogens (tertiary/aromatic N) is 1. The van der Waals surface area contributed by atoms with Crippen molar-refractivity contribution in [1.29, 1.82) is 0 Å². The molecule has 0 aromatic heterocycles. The monoisotopic (exact) mass is 742 g/mol. The molecule has 3 fully saturated rings. The Morgan fingerprint density at radius 1 is 0.840 bits per heavy atom. The lowest BCUT2D eigenvalue weighted by Crippen LogP contribution is -2.51. The van der Waals surface area contributed by atoms with E-state index in [0.29, 0.717) is 24.9 Å². The Hall–Kier alpha value is -0.820. The van der Waals surface area contributed by atoms with Gasteiger partial charge in [0.05, 0.1) is 0 Å². The first-order valence-corrected chi connectivity index (χ1v) is 20.6. The van der Waals surface area contributed by atoms with Crippen LogP contribution in [-0.4, -0.2) is 49.1 Å². The highest BCUT2D eigenvalue weighted by molar-refractivity contribution is 5.85. The second-order valence-electron chi connectivity index (χ2n) is 17.6. The van der Waals surface area contributed by atoms with Crippen LogP contribution in [-0.2, 0) is 14.3 Å². The molecule has 0 saturated heterocycles. The summed E-state index contributed by atoms with van der Waals surface area (Å²) in [5.74, 6) is 4.80. The highest BCUT2D eigenvalue weighted by Gasteiger charge is 2.59. The lowest BCUT2D eigenvalue weighted by atomic mass is 9.47. The maximum absolute atomic E-state index is 13.3. The fourth-order valence-electron chi connectivity index (χ4n) is 11.2. The van der Waals surface area contributed by atoms with Gasteiger partial charge in [-0.2, -0.15) is 0 Å². The molecule has 8 atom stereocenters. The molecule has 0 spiro atoms. The predicted octanol–water partition coefficient (Wildman–Crippen LogP) is 10.0. The molecule has 292 valence electrons. The number of carbonyl (C=O) groups excluding carboxylic acids is 2. The summed E-state index contributed by atoms with van der Waals surface area (Å²) >= 11 is 0. The summed E-state index contributed by atoms with van der Waals surface area (Å²) in [6.07, 6.45) is 25.0. The number of rotatable bonds is 20. The summed E-state index contributed by atoms with van der Waals surface area (Å²) in [4.78, 5) is 28.2. The Kier molecular flexibility index (Phi) is 19.7. The van der Waals surface area contributed by atoms with E-state index >= 15 is 0 Å². The van der Waals surface area contributed by atoms with E-state index in [0.717, 1.165) is 99.8 Å². The van der Waals surface area contributed by atoms with E-state index in [1.54, 1.807) is 10.5 Å². The molecule has 0 aromatic rings. The van der Waals surface area contributed by atoms with Crippen molar-refractivity contribution in [3.63, 3.8) is 0 Å². The van der Waals surface area contributed by atoms with Crippen LogP contribution in [0.3, 0.4) is 0 Å². The Balaban J connectivity index is 0.00000433. The summed E-state index contributed by atoms with van der Waals surface area (Å²) in [7, 11) is 0. The topological polar surface area (TPSA) is 98.6 Å². The number of nitrogens with two attached hydrogens (primary N) is 2. The summed E-state index contributed by atoms with van der Waals surface area (Å²) in [5.41, 5.74) is 13.6. The van der Waals surface area contributed by atoms with E-state index in [1.807, 2.05) is 0 Å². The average molecular weight is 743 g/mol.